The Morgan fingerprint density at radius 2 is 2.33 bits per heavy atom. The van der Waals surface area contributed by atoms with E-state index in [1.54, 1.807) is 0 Å². The van der Waals surface area contributed by atoms with E-state index in [2.05, 4.69) is 16.6 Å². The van der Waals surface area contributed by atoms with Crippen molar-refractivity contribution in [2.45, 2.75) is 6.42 Å². The van der Waals surface area contributed by atoms with Gasteiger partial charge in [0.1, 0.15) is 0 Å². The first-order valence-corrected chi connectivity index (χ1v) is 3.92. The summed E-state index contributed by atoms with van der Waals surface area (Å²) in [6.45, 7) is 1.92. The van der Waals surface area contributed by atoms with Crippen LogP contribution in [0.15, 0.2) is 0 Å². The highest BCUT2D eigenvalue weighted by Gasteiger charge is 1.96. The van der Waals surface area contributed by atoms with E-state index in [1.165, 1.54) is 0 Å². The van der Waals surface area contributed by atoms with E-state index in [1.807, 2.05) is 0 Å². The van der Waals surface area contributed by atoms with Crippen LogP contribution in [0.4, 0.5) is 0 Å². The number of carbonyl (C=O) groups excluding carboxylic acids is 1. The normalized spacial score (nSPS) is 9.00. The zero-order valence-corrected chi connectivity index (χ0v) is 7.10. The molecule has 0 aromatic carbocycles. The maximum atomic E-state index is 10.9. The van der Waals surface area contributed by atoms with Gasteiger partial charge in [-0.25, -0.2) is 0 Å². The third-order valence-corrected chi connectivity index (χ3v) is 1.22. The third kappa shape index (κ3) is 7.06. The molecule has 0 fully saturated rings. The Kier molecular flexibility index (Phi) is 7.35. The van der Waals surface area contributed by atoms with E-state index in [4.69, 9.17) is 12.2 Å². The van der Waals surface area contributed by atoms with Crippen LogP contribution in [-0.4, -0.2) is 32.1 Å². The maximum absolute atomic E-state index is 10.9. The number of terminal acetylenes is 1. The molecule has 0 aliphatic carbocycles. The average molecular weight is 169 g/mol. The number of hydrogen-bond donors (Lipinski definition) is 3. The fourth-order valence-electron chi connectivity index (χ4n) is 0.641. The van der Waals surface area contributed by atoms with Crippen LogP contribution in [-0.2, 0) is 4.79 Å². The number of nitrogens with two attached hydrogens (primary N) is 1. The van der Waals surface area contributed by atoms with Gasteiger partial charge in [-0.05, 0) is 13.0 Å². The lowest BCUT2D eigenvalue weighted by Gasteiger charge is -2.03. The van der Waals surface area contributed by atoms with Gasteiger partial charge in [-0.15, -0.1) is 6.42 Å². The zero-order chi connectivity index (χ0) is 9.23. The van der Waals surface area contributed by atoms with Gasteiger partial charge in [0, 0.05) is 6.54 Å². The van der Waals surface area contributed by atoms with Crippen molar-refractivity contribution in [2.75, 3.05) is 26.2 Å². The Labute approximate surface area is 72.9 Å². The highest BCUT2D eigenvalue weighted by atomic mass is 16.1. The molecule has 1 amide bonds. The highest BCUT2D eigenvalue weighted by Crippen LogP contribution is 1.70. The van der Waals surface area contributed by atoms with E-state index in [0.717, 1.165) is 6.42 Å². The molecule has 0 aliphatic heterocycles. The van der Waals surface area contributed by atoms with Crippen LogP contribution in [0, 0.1) is 12.3 Å². The summed E-state index contributed by atoms with van der Waals surface area (Å²) >= 11 is 0. The van der Waals surface area contributed by atoms with Gasteiger partial charge in [0.25, 0.3) is 0 Å². The molecule has 0 aliphatic rings. The van der Waals surface area contributed by atoms with Gasteiger partial charge in [0.05, 0.1) is 13.1 Å². The molecule has 0 heterocycles. The molecule has 0 radical (unpaired) electrons. The minimum Gasteiger partial charge on any atom is -0.355 e. The van der Waals surface area contributed by atoms with Gasteiger partial charge in [-0.2, -0.15) is 0 Å². The largest absolute Gasteiger partial charge is 0.355 e. The molecule has 4 N–H and O–H groups in total. The standard InChI is InChI=1S/C8H15N3O/c1-2-5-10-7-8(12)11-6-3-4-9/h1,10H,3-7,9H2,(H,11,12). The number of nitrogens with one attached hydrogen (secondary N) is 2. The molecule has 0 saturated heterocycles. The Hall–Kier alpha value is -1.05. The first kappa shape index (κ1) is 11.0. The second kappa shape index (κ2) is 8.05. The second-order valence-electron chi connectivity index (χ2n) is 2.30. The van der Waals surface area contributed by atoms with Gasteiger partial charge in [0.2, 0.25) is 5.91 Å². The van der Waals surface area contributed by atoms with Crippen molar-refractivity contribution in [3.63, 3.8) is 0 Å². The number of hydrogen-bond acceptors (Lipinski definition) is 3. The summed E-state index contributed by atoms with van der Waals surface area (Å²) < 4.78 is 0. The van der Waals surface area contributed by atoms with Crippen molar-refractivity contribution in [3.05, 3.63) is 0 Å². The lowest BCUT2D eigenvalue weighted by molar-refractivity contribution is -0.120. The monoisotopic (exact) mass is 169 g/mol. The van der Waals surface area contributed by atoms with E-state index in [0.29, 0.717) is 19.6 Å². The molecule has 0 aromatic rings. The molecule has 0 saturated carbocycles. The number of amides is 1. The Bertz CT molecular complexity index is 162. The van der Waals surface area contributed by atoms with Gasteiger partial charge in [0.15, 0.2) is 0 Å². The summed E-state index contributed by atoms with van der Waals surface area (Å²) in [6, 6.07) is 0. The summed E-state index contributed by atoms with van der Waals surface area (Å²) in [4.78, 5) is 10.9. The molecule has 68 valence electrons. The molecule has 0 atom stereocenters. The van der Waals surface area contributed by atoms with Crippen LogP contribution in [0.2, 0.25) is 0 Å². The van der Waals surface area contributed by atoms with Gasteiger partial charge >= 0.3 is 0 Å². The molecule has 0 spiro atoms. The van der Waals surface area contributed by atoms with Gasteiger partial charge < -0.3 is 11.1 Å². The Morgan fingerprint density at radius 3 is 2.92 bits per heavy atom. The van der Waals surface area contributed by atoms with E-state index in [-0.39, 0.29) is 12.5 Å². The van der Waals surface area contributed by atoms with Gasteiger partial charge in [-0.1, -0.05) is 5.92 Å². The Balaban J connectivity index is 3.17. The number of carbonyl (C=O) groups is 1. The molecule has 4 nitrogen and oxygen atoms in total. The van der Waals surface area contributed by atoms with Crippen LogP contribution in [0.1, 0.15) is 6.42 Å². The molecule has 0 aromatic heterocycles. The summed E-state index contributed by atoms with van der Waals surface area (Å²) in [7, 11) is 0. The van der Waals surface area contributed by atoms with Crippen LogP contribution in [0.5, 0.6) is 0 Å². The van der Waals surface area contributed by atoms with Crippen molar-refractivity contribution in [1.82, 2.24) is 10.6 Å². The quantitative estimate of drug-likeness (QED) is 0.341. The average Bonchev–Trinajstić information content (AvgIpc) is 2.06. The van der Waals surface area contributed by atoms with E-state index >= 15 is 0 Å². The van der Waals surface area contributed by atoms with Crippen molar-refractivity contribution in [1.29, 1.82) is 0 Å². The van der Waals surface area contributed by atoms with Crippen molar-refractivity contribution in [3.8, 4) is 12.3 Å². The number of rotatable bonds is 6. The first-order valence-electron chi connectivity index (χ1n) is 3.92. The summed E-state index contributed by atoms with van der Waals surface area (Å²) in [6.07, 6.45) is 5.78. The van der Waals surface area contributed by atoms with Gasteiger partial charge in [-0.3, -0.25) is 10.1 Å². The van der Waals surface area contributed by atoms with Crippen molar-refractivity contribution < 1.29 is 4.79 Å². The SMILES string of the molecule is C#CCNCC(=O)NCCCN. The second-order valence-corrected chi connectivity index (χ2v) is 2.30. The third-order valence-electron chi connectivity index (χ3n) is 1.22. The maximum Gasteiger partial charge on any atom is 0.233 e. The minimum atomic E-state index is -0.0429. The van der Waals surface area contributed by atoms with Crippen LogP contribution >= 0.6 is 0 Å². The van der Waals surface area contributed by atoms with E-state index < -0.39 is 0 Å². The lowest BCUT2D eigenvalue weighted by atomic mass is 10.4. The van der Waals surface area contributed by atoms with Crippen LogP contribution in [0.3, 0.4) is 0 Å². The fourth-order valence-corrected chi connectivity index (χ4v) is 0.641. The molecule has 12 heavy (non-hydrogen) atoms. The first-order chi connectivity index (χ1) is 5.81. The summed E-state index contributed by atoms with van der Waals surface area (Å²) in [5, 5.41) is 5.47. The van der Waals surface area contributed by atoms with Crippen LogP contribution < -0.4 is 16.4 Å². The molecular formula is C8H15N3O. The predicted octanol–water partition coefficient (Wildman–Crippen LogP) is -1.33. The minimum absolute atomic E-state index is 0.0429. The molecule has 0 rings (SSSR count). The summed E-state index contributed by atoms with van der Waals surface area (Å²) in [5.74, 6) is 2.34. The smallest absolute Gasteiger partial charge is 0.233 e. The topological polar surface area (TPSA) is 67.2 Å². The molecule has 0 bridgehead atoms. The van der Waals surface area contributed by atoms with Crippen molar-refractivity contribution >= 4 is 5.91 Å². The molecule has 0 unspecified atom stereocenters. The molecular weight excluding hydrogens is 154 g/mol. The van der Waals surface area contributed by atoms with Crippen molar-refractivity contribution in [2.24, 2.45) is 5.73 Å². The molecule has 4 heteroatoms. The Morgan fingerprint density at radius 1 is 1.58 bits per heavy atom. The van der Waals surface area contributed by atoms with E-state index in [9.17, 15) is 4.79 Å². The highest BCUT2D eigenvalue weighted by molar-refractivity contribution is 5.77. The van der Waals surface area contributed by atoms with Crippen LogP contribution in [0.25, 0.3) is 0 Å². The fraction of sp³-hybridized carbons (Fsp3) is 0.625. The summed E-state index contributed by atoms with van der Waals surface area (Å²) in [5.41, 5.74) is 5.24. The zero-order valence-electron chi connectivity index (χ0n) is 7.10. The predicted molar refractivity (Wildman–Crippen MR) is 48.4 cm³/mol. The lowest BCUT2D eigenvalue weighted by Crippen LogP contribution is -2.35.